The number of hydrogen-bond donors (Lipinski definition) is 0. The van der Waals surface area contributed by atoms with Gasteiger partial charge in [0.2, 0.25) is 0 Å². The van der Waals surface area contributed by atoms with Gasteiger partial charge in [-0.25, -0.2) is 0 Å². The standard InChI is InChI=1S/C45H24O6/c46-22-13-16-34(49)31(19-22)37-25-7-1-4-10-28(25)40-43(37)41-29-11-5-2-8-26(29)39(33-21-24(48)15-18-36(33)51)45(41)42-30-12-6-3-9-27(30)38(44(40)42)32-20-23(47)14-17-35(32)50/h1-21,37-39H/t37-,38-,39+/m0/s1. The Hall–Kier alpha value is -6.66. The molecule has 0 N–H and O–H groups in total. The summed E-state index contributed by atoms with van der Waals surface area (Å²) in [4.78, 5) is 80.2. The maximum absolute atomic E-state index is 13.8. The summed E-state index contributed by atoms with van der Waals surface area (Å²) in [6.45, 7) is 0. The molecule has 0 amide bonds. The van der Waals surface area contributed by atoms with E-state index in [9.17, 15) is 28.8 Å². The maximum Gasteiger partial charge on any atom is 0.183 e. The summed E-state index contributed by atoms with van der Waals surface area (Å²) in [5.41, 5.74) is 11.0. The molecule has 10 rings (SSSR count). The van der Waals surface area contributed by atoms with Crippen LogP contribution in [0.25, 0.3) is 33.4 Å². The highest BCUT2D eigenvalue weighted by atomic mass is 16.1. The van der Waals surface area contributed by atoms with Crippen LogP contribution in [0, 0.1) is 0 Å². The van der Waals surface area contributed by atoms with Crippen LogP contribution in [-0.4, -0.2) is 34.7 Å². The Labute approximate surface area is 291 Å². The summed E-state index contributed by atoms with van der Waals surface area (Å²) in [7, 11) is 0. The summed E-state index contributed by atoms with van der Waals surface area (Å²) in [6.07, 6.45) is 12.0. The molecule has 0 saturated carbocycles. The number of carbonyl (C=O) groups excluding carboxylic acids is 6. The van der Waals surface area contributed by atoms with Gasteiger partial charge in [-0.3, -0.25) is 28.8 Å². The Bertz CT molecular complexity index is 2340. The first kappa shape index (κ1) is 29.3. The van der Waals surface area contributed by atoms with Gasteiger partial charge < -0.3 is 0 Å². The SMILES string of the molecule is O=C1C=CC(=O)C([C@@H]2c3ccccc3-c3c2c2c(c4c3[C@@H](C3=CC(=O)C=CC3=O)c3ccccc3-4)[C@H](C3=CC(=O)C=CC3=O)c3ccccc3-2)=C1. The van der Waals surface area contributed by atoms with E-state index < -0.39 is 17.8 Å². The topological polar surface area (TPSA) is 102 Å². The van der Waals surface area contributed by atoms with Gasteiger partial charge in [0.05, 0.1) is 0 Å². The number of benzene rings is 4. The molecule has 0 heterocycles. The lowest BCUT2D eigenvalue weighted by Gasteiger charge is -2.26. The summed E-state index contributed by atoms with van der Waals surface area (Å²) in [6, 6.07) is 23.4. The fourth-order valence-corrected chi connectivity index (χ4v) is 9.17. The van der Waals surface area contributed by atoms with Crippen molar-refractivity contribution in [1.29, 1.82) is 0 Å². The van der Waals surface area contributed by atoms with E-state index in [1.54, 1.807) is 0 Å². The third kappa shape index (κ3) is 3.93. The lowest BCUT2D eigenvalue weighted by Crippen LogP contribution is -2.18. The van der Waals surface area contributed by atoms with Crippen LogP contribution in [0.15, 0.2) is 144 Å². The molecule has 51 heavy (non-hydrogen) atoms. The molecule has 0 fully saturated rings. The zero-order valence-electron chi connectivity index (χ0n) is 26.8. The van der Waals surface area contributed by atoms with Crippen molar-refractivity contribution in [2.75, 3.05) is 0 Å². The van der Waals surface area contributed by atoms with Crippen LogP contribution in [0.1, 0.15) is 51.1 Å². The number of hydrogen-bond acceptors (Lipinski definition) is 6. The molecule has 6 aliphatic carbocycles. The highest BCUT2D eigenvalue weighted by Crippen LogP contribution is 2.67. The van der Waals surface area contributed by atoms with E-state index >= 15 is 0 Å². The van der Waals surface area contributed by atoms with Crippen LogP contribution in [0.2, 0.25) is 0 Å². The molecule has 240 valence electrons. The molecule has 0 saturated heterocycles. The normalized spacial score (nSPS) is 21.9. The summed E-state index contributed by atoms with van der Waals surface area (Å²) in [5.74, 6) is -3.65. The monoisotopic (exact) mass is 660 g/mol. The van der Waals surface area contributed by atoms with Gasteiger partial charge in [0.25, 0.3) is 0 Å². The molecule has 0 aliphatic heterocycles. The minimum atomic E-state index is -0.650. The van der Waals surface area contributed by atoms with Crippen LogP contribution in [0.5, 0.6) is 0 Å². The van der Waals surface area contributed by atoms with Crippen molar-refractivity contribution in [3.05, 3.63) is 178 Å². The Morgan fingerprint density at radius 2 is 0.608 bits per heavy atom. The average Bonchev–Trinajstić information content (AvgIpc) is 3.77. The first-order valence-corrected chi connectivity index (χ1v) is 16.8. The Morgan fingerprint density at radius 3 is 0.902 bits per heavy atom. The van der Waals surface area contributed by atoms with Crippen LogP contribution < -0.4 is 0 Å². The van der Waals surface area contributed by atoms with Crippen LogP contribution in [0.3, 0.4) is 0 Å². The van der Waals surface area contributed by atoms with Crippen LogP contribution in [0.4, 0.5) is 0 Å². The van der Waals surface area contributed by atoms with E-state index in [1.165, 1.54) is 54.7 Å². The van der Waals surface area contributed by atoms with E-state index in [0.29, 0.717) is 16.7 Å². The summed E-state index contributed by atoms with van der Waals surface area (Å²) >= 11 is 0. The Morgan fingerprint density at radius 1 is 0.333 bits per heavy atom. The van der Waals surface area contributed by atoms with Crippen molar-refractivity contribution >= 4 is 34.7 Å². The van der Waals surface area contributed by atoms with Gasteiger partial charge in [-0.05, 0) is 121 Å². The number of carbonyl (C=O) groups is 6. The van der Waals surface area contributed by atoms with Crippen molar-refractivity contribution in [2.45, 2.75) is 17.8 Å². The molecule has 0 spiro atoms. The van der Waals surface area contributed by atoms with Crippen molar-refractivity contribution in [3.8, 4) is 33.4 Å². The lowest BCUT2D eigenvalue weighted by molar-refractivity contribution is -0.114. The van der Waals surface area contributed by atoms with E-state index in [-0.39, 0.29) is 34.7 Å². The quantitative estimate of drug-likeness (QED) is 0.221. The molecular weight excluding hydrogens is 636 g/mol. The van der Waals surface area contributed by atoms with E-state index in [1.807, 2.05) is 72.8 Å². The van der Waals surface area contributed by atoms with Gasteiger partial charge in [0.1, 0.15) is 0 Å². The Balaban J connectivity index is 1.42. The first-order valence-electron chi connectivity index (χ1n) is 16.8. The second kappa shape index (κ2) is 10.4. The van der Waals surface area contributed by atoms with Crippen molar-refractivity contribution in [2.24, 2.45) is 0 Å². The fraction of sp³-hybridized carbons (Fsp3) is 0.0667. The summed E-state index contributed by atoms with van der Waals surface area (Å²) < 4.78 is 0. The van der Waals surface area contributed by atoms with Crippen molar-refractivity contribution in [1.82, 2.24) is 0 Å². The third-order valence-electron chi connectivity index (χ3n) is 11.0. The zero-order chi connectivity index (χ0) is 34.7. The van der Waals surface area contributed by atoms with Gasteiger partial charge in [0, 0.05) is 34.5 Å². The molecule has 0 aromatic heterocycles. The largest absolute Gasteiger partial charge is 0.290 e. The van der Waals surface area contributed by atoms with Gasteiger partial charge >= 0.3 is 0 Å². The third-order valence-corrected chi connectivity index (χ3v) is 11.0. The molecule has 4 aromatic rings. The van der Waals surface area contributed by atoms with Gasteiger partial charge in [-0.15, -0.1) is 0 Å². The van der Waals surface area contributed by atoms with E-state index in [2.05, 4.69) is 0 Å². The molecule has 6 aliphatic rings. The number of fused-ring (bicyclic) bond motifs is 12. The van der Waals surface area contributed by atoms with E-state index in [0.717, 1.165) is 66.8 Å². The average molecular weight is 661 g/mol. The molecule has 0 radical (unpaired) electrons. The van der Waals surface area contributed by atoms with Gasteiger partial charge in [-0.2, -0.15) is 0 Å². The predicted octanol–water partition coefficient (Wildman–Crippen LogP) is 6.93. The first-order chi connectivity index (χ1) is 24.8. The second-order valence-electron chi connectivity index (χ2n) is 13.5. The predicted molar refractivity (Wildman–Crippen MR) is 190 cm³/mol. The molecule has 6 nitrogen and oxygen atoms in total. The lowest BCUT2D eigenvalue weighted by atomic mass is 9.74. The number of allylic oxidation sites excluding steroid dienone is 12. The molecular formula is C45H24O6. The smallest absolute Gasteiger partial charge is 0.183 e. The number of ketones is 6. The maximum atomic E-state index is 13.8. The van der Waals surface area contributed by atoms with E-state index in [4.69, 9.17) is 0 Å². The summed E-state index contributed by atoms with van der Waals surface area (Å²) in [5, 5.41) is 0. The van der Waals surface area contributed by atoms with Crippen LogP contribution >= 0.6 is 0 Å². The highest BCUT2D eigenvalue weighted by molar-refractivity contribution is 6.22. The molecule has 6 heteroatoms. The minimum absolute atomic E-state index is 0.277. The minimum Gasteiger partial charge on any atom is -0.290 e. The highest BCUT2D eigenvalue weighted by Gasteiger charge is 2.50. The van der Waals surface area contributed by atoms with Gasteiger partial charge in [0.15, 0.2) is 34.7 Å². The second-order valence-corrected chi connectivity index (χ2v) is 13.5. The molecule has 4 aromatic carbocycles. The number of rotatable bonds is 3. The van der Waals surface area contributed by atoms with Crippen molar-refractivity contribution < 1.29 is 28.8 Å². The fourth-order valence-electron chi connectivity index (χ4n) is 9.17. The molecule has 0 bridgehead atoms. The molecule has 3 atom stereocenters. The zero-order valence-corrected chi connectivity index (χ0v) is 26.8. The Kier molecular flexibility index (Phi) is 5.98. The van der Waals surface area contributed by atoms with Crippen molar-refractivity contribution in [3.63, 3.8) is 0 Å². The van der Waals surface area contributed by atoms with Crippen LogP contribution in [-0.2, 0) is 28.8 Å². The van der Waals surface area contributed by atoms with Gasteiger partial charge in [-0.1, -0.05) is 72.8 Å². The molecule has 0 unspecified atom stereocenters.